The van der Waals surface area contributed by atoms with Gasteiger partial charge in [0.2, 0.25) is 12.1 Å². The molecule has 1 aromatic carbocycles. The summed E-state index contributed by atoms with van der Waals surface area (Å²) in [5.74, 6) is 0.698. The molecule has 1 N–H and O–H groups in total. The molecular weight excluding hydrogens is 398 g/mol. The second-order valence-electron chi connectivity index (χ2n) is 6.35. The number of benzene rings is 1. The lowest BCUT2D eigenvalue weighted by Crippen LogP contribution is -2.20. The Kier molecular flexibility index (Phi) is 6.73. The SMILES string of the molecule is COc1cc2cc(NC(C)=O)c(=O)oc2cc1OCCCCCOc1c[n+]([O-])on1. The number of nitrogens with zero attached hydrogens (tertiary/aromatic N) is 2. The fraction of sp³-hybridized carbons (Fsp3) is 0.368. The van der Waals surface area contributed by atoms with Crippen molar-refractivity contribution >= 4 is 22.6 Å². The molecule has 11 heteroatoms. The number of carbonyl (C=O) groups is 1. The largest absolute Gasteiger partial charge is 0.493 e. The summed E-state index contributed by atoms with van der Waals surface area (Å²) in [6, 6.07) is 4.78. The molecule has 0 radical (unpaired) electrons. The third-order valence-corrected chi connectivity index (χ3v) is 4.05. The van der Waals surface area contributed by atoms with E-state index in [0.717, 1.165) is 25.5 Å². The number of nitrogens with one attached hydrogen (secondary N) is 1. The first kappa shape index (κ1) is 21.0. The van der Waals surface area contributed by atoms with Crippen LogP contribution >= 0.6 is 0 Å². The van der Waals surface area contributed by atoms with Gasteiger partial charge >= 0.3 is 11.5 Å². The maximum atomic E-state index is 12.0. The highest BCUT2D eigenvalue weighted by Gasteiger charge is 2.12. The number of amides is 1. The number of anilines is 1. The molecule has 2 aromatic heterocycles. The third kappa shape index (κ3) is 5.40. The lowest BCUT2D eigenvalue weighted by Gasteiger charge is -2.12. The molecule has 0 spiro atoms. The molecule has 160 valence electrons. The zero-order valence-electron chi connectivity index (χ0n) is 16.5. The first-order valence-electron chi connectivity index (χ1n) is 9.21. The molecule has 0 saturated heterocycles. The standard InChI is InChI=1S/C19H21N3O8/c1-12(23)20-14-8-13-9-16(26-2)17(10-15(13)29-19(14)24)27-6-4-3-5-7-28-18-11-22(25)30-21-18/h8-11H,3-7H2,1-2H3,(H,20,23). The van der Waals surface area contributed by atoms with Crippen molar-refractivity contribution < 1.29 is 33.0 Å². The fourth-order valence-corrected chi connectivity index (χ4v) is 2.70. The minimum absolute atomic E-state index is 0.0589. The molecule has 0 aliphatic heterocycles. The highest BCUT2D eigenvalue weighted by Crippen LogP contribution is 2.32. The highest BCUT2D eigenvalue weighted by molar-refractivity contribution is 5.91. The summed E-state index contributed by atoms with van der Waals surface area (Å²) in [6.45, 7) is 2.12. The van der Waals surface area contributed by atoms with Crippen molar-refractivity contribution in [2.45, 2.75) is 26.2 Å². The molecule has 11 nitrogen and oxygen atoms in total. The van der Waals surface area contributed by atoms with Crippen LogP contribution in [0.4, 0.5) is 5.69 Å². The van der Waals surface area contributed by atoms with Crippen LogP contribution < -0.4 is 30.1 Å². The normalized spacial score (nSPS) is 10.7. The number of fused-ring (bicyclic) bond motifs is 1. The van der Waals surface area contributed by atoms with Crippen molar-refractivity contribution in [2.24, 2.45) is 0 Å². The first-order chi connectivity index (χ1) is 14.5. The van der Waals surface area contributed by atoms with Gasteiger partial charge in [-0.3, -0.25) is 9.42 Å². The molecule has 0 unspecified atom stereocenters. The molecule has 30 heavy (non-hydrogen) atoms. The number of aromatic nitrogens is 2. The van der Waals surface area contributed by atoms with Gasteiger partial charge in [0.25, 0.3) is 0 Å². The minimum atomic E-state index is -0.650. The van der Waals surface area contributed by atoms with Gasteiger partial charge in [-0.2, -0.15) is 0 Å². The van der Waals surface area contributed by atoms with E-state index in [1.807, 2.05) is 0 Å². The van der Waals surface area contributed by atoms with Crippen LogP contribution in [0, 0.1) is 5.21 Å². The second kappa shape index (κ2) is 9.63. The predicted molar refractivity (Wildman–Crippen MR) is 104 cm³/mol. The summed E-state index contributed by atoms with van der Waals surface area (Å²) in [4.78, 5) is 23.4. The molecule has 0 bridgehead atoms. The van der Waals surface area contributed by atoms with E-state index < -0.39 is 5.63 Å². The summed E-state index contributed by atoms with van der Waals surface area (Å²) in [7, 11) is 1.51. The van der Waals surface area contributed by atoms with Gasteiger partial charge in [0, 0.05) is 18.4 Å². The van der Waals surface area contributed by atoms with Crippen molar-refractivity contribution in [1.29, 1.82) is 0 Å². The molecule has 0 saturated carbocycles. The summed E-state index contributed by atoms with van der Waals surface area (Å²) in [6.07, 6.45) is 3.41. The topological polar surface area (TPSA) is 140 Å². The lowest BCUT2D eigenvalue weighted by atomic mass is 10.2. The van der Waals surface area contributed by atoms with Gasteiger partial charge < -0.3 is 29.2 Å². The lowest BCUT2D eigenvalue weighted by molar-refractivity contribution is -0.802. The summed E-state index contributed by atoms with van der Waals surface area (Å²) in [5, 5.41) is 17.2. The zero-order valence-corrected chi connectivity index (χ0v) is 16.5. The Labute approximate surface area is 170 Å². The Bertz CT molecular complexity index is 1080. The van der Waals surface area contributed by atoms with E-state index in [2.05, 4.69) is 15.1 Å². The van der Waals surface area contributed by atoms with Crippen molar-refractivity contribution in [1.82, 2.24) is 5.16 Å². The average molecular weight is 419 g/mol. The Morgan fingerprint density at radius 1 is 1.17 bits per heavy atom. The van der Waals surface area contributed by atoms with E-state index in [0.29, 0.717) is 35.7 Å². The number of carbonyl (C=O) groups excluding carboxylic acids is 1. The molecule has 0 aliphatic rings. The summed E-state index contributed by atoms with van der Waals surface area (Å²) < 4.78 is 26.0. The van der Waals surface area contributed by atoms with Crippen LogP contribution in [-0.4, -0.2) is 31.4 Å². The maximum absolute atomic E-state index is 12.0. The Hall–Kier alpha value is -3.76. The molecule has 0 aliphatic carbocycles. The van der Waals surface area contributed by atoms with Crippen molar-refractivity contribution in [2.75, 3.05) is 25.6 Å². The second-order valence-corrected chi connectivity index (χ2v) is 6.35. The highest BCUT2D eigenvalue weighted by atomic mass is 16.8. The van der Waals surface area contributed by atoms with Gasteiger partial charge in [0.15, 0.2) is 11.5 Å². The minimum Gasteiger partial charge on any atom is -0.493 e. The Morgan fingerprint density at radius 2 is 1.93 bits per heavy atom. The number of rotatable bonds is 10. The van der Waals surface area contributed by atoms with Gasteiger partial charge in [0.1, 0.15) is 11.3 Å². The number of ether oxygens (including phenoxy) is 3. The number of methoxy groups -OCH3 is 1. The van der Waals surface area contributed by atoms with Crippen LogP contribution in [-0.2, 0) is 4.79 Å². The fourth-order valence-electron chi connectivity index (χ4n) is 2.70. The van der Waals surface area contributed by atoms with Crippen LogP contribution in [0.3, 0.4) is 0 Å². The van der Waals surface area contributed by atoms with Crippen molar-refractivity contribution in [3.05, 3.63) is 40.0 Å². The van der Waals surface area contributed by atoms with Crippen LogP contribution in [0.15, 0.2) is 38.2 Å². The van der Waals surface area contributed by atoms with Gasteiger partial charge in [-0.05, 0) is 36.3 Å². The third-order valence-electron chi connectivity index (χ3n) is 4.05. The van der Waals surface area contributed by atoms with Crippen LogP contribution in [0.2, 0.25) is 0 Å². The molecule has 0 atom stereocenters. The van der Waals surface area contributed by atoms with Crippen LogP contribution in [0.5, 0.6) is 17.4 Å². The molecule has 1 amide bonds. The molecule has 3 aromatic rings. The average Bonchev–Trinajstić information content (AvgIpc) is 3.12. The number of unbranched alkanes of at least 4 members (excludes halogenated alkanes) is 2. The molecular formula is C19H21N3O8. The summed E-state index contributed by atoms with van der Waals surface area (Å²) >= 11 is 0. The first-order valence-corrected chi connectivity index (χ1v) is 9.21. The maximum Gasteiger partial charge on any atom is 0.394 e. The zero-order chi connectivity index (χ0) is 21.5. The van der Waals surface area contributed by atoms with Crippen LogP contribution in [0.1, 0.15) is 26.2 Å². The molecule has 2 heterocycles. The van der Waals surface area contributed by atoms with Crippen molar-refractivity contribution in [3.8, 4) is 17.4 Å². The predicted octanol–water partition coefficient (Wildman–Crippen LogP) is 2.01. The van der Waals surface area contributed by atoms with Crippen molar-refractivity contribution in [3.63, 3.8) is 0 Å². The monoisotopic (exact) mass is 419 g/mol. The van der Waals surface area contributed by atoms with Gasteiger partial charge in [-0.1, -0.05) is 0 Å². The molecule has 0 fully saturated rings. The Morgan fingerprint density at radius 3 is 2.60 bits per heavy atom. The Balaban J connectivity index is 1.54. The van der Waals surface area contributed by atoms with E-state index in [1.54, 1.807) is 12.1 Å². The van der Waals surface area contributed by atoms with E-state index >= 15 is 0 Å². The van der Waals surface area contributed by atoms with Gasteiger partial charge in [-0.15, -0.1) is 0 Å². The van der Waals surface area contributed by atoms with E-state index in [4.69, 9.17) is 18.6 Å². The van der Waals surface area contributed by atoms with E-state index in [-0.39, 0.29) is 22.4 Å². The van der Waals surface area contributed by atoms with Gasteiger partial charge in [0.05, 0.1) is 25.5 Å². The quantitative estimate of drug-likeness (QED) is 0.297. The number of hydrogen-bond donors (Lipinski definition) is 1. The van der Waals surface area contributed by atoms with E-state index in [9.17, 15) is 14.8 Å². The van der Waals surface area contributed by atoms with Crippen LogP contribution in [0.25, 0.3) is 11.0 Å². The van der Waals surface area contributed by atoms with E-state index in [1.165, 1.54) is 20.1 Å². The smallest absolute Gasteiger partial charge is 0.394 e. The number of hydrogen-bond acceptors (Lipinski definition) is 9. The summed E-state index contributed by atoms with van der Waals surface area (Å²) in [5.41, 5.74) is -0.270. The van der Waals surface area contributed by atoms with Gasteiger partial charge in [-0.25, -0.2) is 4.79 Å². The molecule has 3 rings (SSSR count).